The number of hydrogen-bond acceptors (Lipinski definition) is 1. The predicted octanol–water partition coefficient (Wildman–Crippen LogP) is 2.84. The molecule has 1 rings (SSSR count). The van der Waals surface area contributed by atoms with Crippen molar-refractivity contribution in [2.24, 2.45) is 5.92 Å². The second-order valence-corrected chi connectivity index (χ2v) is 4.00. The van der Waals surface area contributed by atoms with Crippen LogP contribution in [0.25, 0.3) is 0 Å². The van der Waals surface area contributed by atoms with Gasteiger partial charge in [-0.25, -0.2) is 8.78 Å². The molecule has 1 N–H and O–H groups in total. The van der Waals surface area contributed by atoms with E-state index in [1.165, 1.54) is 0 Å². The number of rotatable bonds is 2. The van der Waals surface area contributed by atoms with Gasteiger partial charge in [0.2, 0.25) is 0 Å². The number of halogens is 3. The molecule has 0 saturated carbocycles. The lowest BCUT2D eigenvalue weighted by atomic mass is 9.93. The molecule has 0 spiro atoms. The van der Waals surface area contributed by atoms with Gasteiger partial charge in [-0.05, 0) is 25.3 Å². The topological polar surface area (TPSA) is 12.0 Å². The lowest BCUT2D eigenvalue weighted by molar-refractivity contribution is -0.0659. The molecule has 0 aromatic carbocycles. The van der Waals surface area contributed by atoms with E-state index in [1.54, 1.807) is 0 Å². The van der Waals surface area contributed by atoms with Crippen molar-refractivity contribution in [2.75, 3.05) is 6.54 Å². The van der Waals surface area contributed by atoms with Crippen LogP contribution < -0.4 is 5.32 Å². The van der Waals surface area contributed by atoms with Crippen molar-refractivity contribution in [1.29, 1.82) is 0 Å². The predicted molar refractivity (Wildman–Crippen MR) is 52.7 cm³/mol. The second kappa shape index (κ2) is 5.11. The van der Waals surface area contributed by atoms with Gasteiger partial charge in [0.05, 0.1) is 6.04 Å². The van der Waals surface area contributed by atoms with Crippen LogP contribution in [-0.4, -0.2) is 18.5 Å². The third kappa shape index (κ3) is 3.77. The molecule has 80 valence electrons. The Morgan fingerprint density at radius 2 is 2.08 bits per heavy atom. The van der Waals surface area contributed by atoms with Crippen molar-refractivity contribution in [3.63, 3.8) is 0 Å². The Labute approximate surface area is 84.7 Å². The number of hydrogen-bond donors (Lipinski definition) is 1. The van der Waals surface area contributed by atoms with Gasteiger partial charge in [0.1, 0.15) is 0 Å². The molecule has 1 aliphatic heterocycles. The molecule has 0 aromatic heterocycles. The van der Waals surface area contributed by atoms with Crippen LogP contribution in [0.4, 0.5) is 8.78 Å². The van der Waals surface area contributed by atoms with Gasteiger partial charge in [0, 0.05) is 6.42 Å². The summed E-state index contributed by atoms with van der Waals surface area (Å²) in [5, 5.41) is 2.89. The number of piperidine rings is 1. The van der Waals surface area contributed by atoms with E-state index < -0.39 is 12.0 Å². The Hall–Kier alpha value is 0.110. The highest BCUT2D eigenvalue weighted by Crippen LogP contribution is 2.31. The van der Waals surface area contributed by atoms with E-state index in [1.807, 2.05) is 13.8 Å². The highest BCUT2D eigenvalue weighted by atomic mass is 35.5. The molecule has 1 atom stereocenters. The largest absolute Gasteiger partial charge is 0.309 e. The van der Waals surface area contributed by atoms with Gasteiger partial charge in [-0.2, -0.15) is 0 Å². The van der Waals surface area contributed by atoms with Gasteiger partial charge in [-0.3, -0.25) is 0 Å². The van der Waals surface area contributed by atoms with Gasteiger partial charge in [-0.15, -0.1) is 12.4 Å². The zero-order chi connectivity index (χ0) is 9.19. The van der Waals surface area contributed by atoms with E-state index in [0.717, 1.165) is 6.54 Å². The summed E-state index contributed by atoms with van der Waals surface area (Å²) in [6.45, 7) is 4.70. The van der Waals surface area contributed by atoms with Crippen molar-refractivity contribution in [3.05, 3.63) is 0 Å². The standard InChI is InChI=1S/C9H17F2N.ClH/c1-7(2)6-8-9(10,11)4-3-5-12-8;/h7-8,12H,3-6H2,1-2H3;1H. The lowest BCUT2D eigenvalue weighted by Crippen LogP contribution is -2.50. The summed E-state index contributed by atoms with van der Waals surface area (Å²) < 4.78 is 26.3. The third-order valence-electron chi connectivity index (χ3n) is 2.29. The fourth-order valence-corrected chi connectivity index (χ4v) is 1.65. The van der Waals surface area contributed by atoms with Crippen LogP contribution in [0.2, 0.25) is 0 Å². The first kappa shape index (κ1) is 13.1. The summed E-state index contributed by atoms with van der Waals surface area (Å²) in [7, 11) is 0. The van der Waals surface area contributed by atoms with E-state index >= 15 is 0 Å². The van der Waals surface area contributed by atoms with Gasteiger partial charge >= 0.3 is 0 Å². The van der Waals surface area contributed by atoms with Gasteiger partial charge in [0.15, 0.2) is 0 Å². The number of alkyl halides is 2. The molecular formula is C9H18ClF2N. The summed E-state index contributed by atoms with van der Waals surface area (Å²) in [5.41, 5.74) is 0. The molecule has 1 aliphatic rings. The first-order valence-electron chi connectivity index (χ1n) is 4.63. The molecule has 1 saturated heterocycles. The maximum atomic E-state index is 13.2. The molecule has 13 heavy (non-hydrogen) atoms. The van der Waals surface area contributed by atoms with E-state index in [4.69, 9.17) is 0 Å². The van der Waals surface area contributed by atoms with Crippen LogP contribution in [0, 0.1) is 5.92 Å². The van der Waals surface area contributed by atoms with Gasteiger partial charge in [0.25, 0.3) is 5.92 Å². The summed E-state index contributed by atoms with van der Waals surface area (Å²) >= 11 is 0. The fraction of sp³-hybridized carbons (Fsp3) is 1.00. The zero-order valence-corrected chi connectivity index (χ0v) is 8.96. The monoisotopic (exact) mass is 213 g/mol. The Morgan fingerprint density at radius 3 is 2.54 bits per heavy atom. The number of nitrogens with one attached hydrogen (secondary N) is 1. The summed E-state index contributed by atoms with van der Waals surface area (Å²) in [6.07, 6.45) is 1.23. The maximum Gasteiger partial charge on any atom is 0.263 e. The first-order valence-corrected chi connectivity index (χ1v) is 4.63. The minimum absolute atomic E-state index is 0. The Morgan fingerprint density at radius 1 is 1.46 bits per heavy atom. The first-order chi connectivity index (χ1) is 5.52. The normalized spacial score (nSPS) is 27.0. The van der Waals surface area contributed by atoms with Crippen LogP contribution in [0.3, 0.4) is 0 Å². The molecule has 0 aromatic rings. The molecule has 0 bridgehead atoms. The molecule has 0 radical (unpaired) electrons. The van der Waals surface area contributed by atoms with E-state index in [9.17, 15) is 8.78 Å². The smallest absolute Gasteiger partial charge is 0.263 e. The molecule has 0 amide bonds. The van der Waals surface area contributed by atoms with E-state index in [-0.39, 0.29) is 18.8 Å². The van der Waals surface area contributed by atoms with Crippen LogP contribution in [0.1, 0.15) is 33.1 Å². The van der Waals surface area contributed by atoms with Crippen molar-refractivity contribution >= 4 is 12.4 Å². The van der Waals surface area contributed by atoms with Crippen molar-refractivity contribution in [3.8, 4) is 0 Å². The van der Waals surface area contributed by atoms with Crippen molar-refractivity contribution in [2.45, 2.75) is 45.1 Å². The second-order valence-electron chi connectivity index (χ2n) is 4.00. The van der Waals surface area contributed by atoms with Crippen molar-refractivity contribution < 1.29 is 8.78 Å². The summed E-state index contributed by atoms with van der Waals surface area (Å²) in [6, 6.07) is -0.591. The molecule has 1 unspecified atom stereocenters. The van der Waals surface area contributed by atoms with Crippen LogP contribution in [0.15, 0.2) is 0 Å². The van der Waals surface area contributed by atoms with Gasteiger partial charge in [-0.1, -0.05) is 13.8 Å². The quantitative estimate of drug-likeness (QED) is 0.744. The van der Waals surface area contributed by atoms with Crippen LogP contribution >= 0.6 is 12.4 Å². The van der Waals surface area contributed by atoms with Gasteiger partial charge < -0.3 is 5.32 Å². The molecular weight excluding hydrogens is 196 g/mol. The lowest BCUT2D eigenvalue weighted by Gasteiger charge is -2.33. The third-order valence-corrected chi connectivity index (χ3v) is 2.29. The Balaban J connectivity index is 0.00000144. The Bertz CT molecular complexity index is 151. The van der Waals surface area contributed by atoms with E-state index in [0.29, 0.717) is 18.8 Å². The molecule has 4 heteroatoms. The molecule has 1 fully saturated rings. The molecule has 1 nitrogen and oxygen atoms in total. The van der Waals surface area contributed by atoms with Crippen molar-refractivity contribution in [1.82, 2.24) is 5.32 Å². The Kier molecular flexibility index (Phi) is 5.15. The fourth-order valence-electron chi connectivity index (χ4n) is 1.65. The molecule has 1 heterocycles. The SMILES string of the molecule is CC(C)CC1NCCCC1(F)F.Cl. The average Bonchev–Trinajstić information content (AvgIpc) is 1.92. The average molecular weight is 214 g/mol. The summed E-state index contributed by atoms with van der Waals surface area (Å²) in [5.74, 6) is -2.14. The zero-order valence-electron chi connectivity index (χ0n) is 8.15. The summed E-state index contributed by atoms with van der Waals surface area (Å²) in [4.78, 5) is 0. The highest BCUT2D eigenvalue weighted by Gasteiger charge is 2.41. The van der Waals surface area contributed by atoms with Crippen LogP contribution in [-0.2, 0) is 0 Å². The maximum absolute atomic E-state index is 13.2. The van der Waals surface area contributed by atoms with E-state index in [2.05, 4.69) is 5.32 Å². The molecule has 0 aliphatic carbocycles. The minimum atomic E-state index is -2.48. The minimum Gasteiger partial charge on any atom is -0.309 e. The van der Waals surface area contributed by atoms with Crippen LogP contribution in [0.5, 0.6) is 0 Å². The highest BCUT2D eigenvalue weighted by molar-refractivity contribution is 5.85.